The zero-order valence-electron chi connectivity index (χ0n) is 14.1. The van der Waals surface area contributed by atoms with Crippen LogP contribution >= 0.6 is 0 Å². The zero-order valence-corrected chi connectivity index (χ0v) is 14.1. The van der Waals surface area contributed by atoms with Crippen LogP contribution in [-0.4, -0.2) is 35.1 Å². The summed E-state index contributed by atoms with van der Waals surface area (Å²) in [4.78, 5) is 10.4. The van der Waals surface area contributed by atoms with Crippen LogP contribution in [0.25, 0.3) is 0 Å². The summed E-state index contributed by atoms with van der Waals surface area (Å²) in [7, 11) is 1.75. The molecular formula is C18H27N3O. The number of hydrogen-bond acceptors (Lipinski definition) is 3. The van der Waals surface area contributed by atoms with Gasteiger partial charge in [0.2, 0.25) is 0 Å². The number of rotatable bonds is 8. The van der Waals surface area contributed by atoms with Gasteiger partial charge in [-0.15, -0.1) is 0 Å². The van der Waals surface area contributed by atoms with Crippen molar-refractivity contribution in [2.24, 2.45) is 0 Å². The molecular weight excluding hydrogens is 274 g/mol. The number of H-pyrrole nitrogens is 1. The largest absolute Gasteiger partial charge is 0.383 e. The molecule has 120 valence electrons. The molecule has 0 spiro atoms. The van der Waals surface area contributed by atoms with Gasteiger partial charge in [0.1, 0.15) is 5.82 Å². The van der Waals surface area contributed by atoms with E-state index in [9.17, 15) is 0 Å². The maximum absolute atomic E-state index is 5.25. The molecule has 0 unspecified atom stereocenters. The predicted molar refractivity (Wildman–Crippen MR) is 89.9 cm³/mol. The fourth-order valence-corrected chi connectivity index (χ4v) is 2.48. The number of aryl methyl sites for hydroxylation is 3. The normalized spacial score (nSPS) is 11.3. The maximum atomic E-state index is 5.25. The molecule has 0 amide bonds. The van der Waals surface area contributed by atoms with Gasteiger partial charge in [0.25, 0.3) is 0 Å². The second-order valence-electron chi connectivity index (χ2n) is 5.80. The molecule has 0 saturated heterocycles. The first-order valence-electron chi connectivity index (χ1n) is 7.93. The number of nitrogens with one attached hydrogen (secondary N) is 1. The van der Waals surface area contributed by atoms with Gasteiger partial charge in [0.15, 0.2) is 0 Å². The van der Waals surface area contributed by atoms with Crippen molar-refractivity contribution >= 4 is 0 Å². The highest BCUT2D eigenvalue weighted by molar-refractivity contribution is 5.21. The van der Waals surface area contributed by atoms with Crippen LogP contribution in [0.2, 0.25) is 0 Å². The van der Waals surface area contributed by atoms with Gasteiger partial charge in [-0.3, -0.25) is 4.90 Å². The van der Waals surface area contributed by atoms with Crippen molar-refractivity contribution in [3.8, 4) is 0 Å². The summed E-state index contributed by atoms with van der Waals surface area (Å²) < 4.78 is 5.25. The lowest BCUT2D eigenvalue weighted by molar-refractivity contribution is 0.139. The number of hydrogen-bond donors (Lipinski definition) is 1. The summed E-state index contributed by atoms with van der Waals surface area (Å²) in [6.45, 7) is 9.73. The van der Waals surface area contributed by atoms with E-state index in [1.165, 1.54) is 16.8 Å². The van der Waals surface area contributed by atoms with Crippen molar-refractivity contribution in [3.05, 3.63) is 52.6 Å². The lowest BCUT2D eigenvalue weighted by atomic mass is 10.1. The molecule has 0 saturated carbocycles. The fraction of sp³-hybridized carbons (Fsp3) is 0.500. The summed E-state index contributed by atoms with van der Waals surface area (Å²) in [5, 5.41) is 0. The molecule has 0 radical (unpaired) electrons. The fourth-order valence-electron chi connectivity index (χ4n) is 2.48. The summed E-state index contributed by atoms with van der Waals surface area (Å²) >= 11 is 0. The molecule has 2 aromatic rings. The molecule has 1 aromatic carbocycles. The van der Waals surface area contributed by atoms with Crippen LogP contribution < -0.4 is 0 Å². The van der Waals surface area contributed by atoms with Gasteiger partial charge in [-0.25, -0.2) is 4.98 Å². The molecule has 0 aliphatic heterocycles. The van der Waals surface area contributed by atoms with Crippen LogP contribution in [0.1, 0.15) is 35.3 Å². The van der Waals surface area contributed by atoms with Crippen LogP contribution in [0, 0.1) is 13.8 Å². The van der Waals surface area contributed by atoms with Crippen molar-refractivity contribution < 1.29 is 4.74 Å². The molecule has 0 atom stereocenters. The van der Waals surface area contributed by atoms with E-state index in [1.54, 1.807) is 7.11 Å². The Kier molecular flexibility index (Phi) is 6.16. The first-order valence-corrected chi connectivity index (χ1v) is 7.93. The second kappa shape index (κ2) is 8.11. The Labute approximate surface area is 133 Å². The average molecular weight is 301 g/mol. The van der Waals surface area contributed by atoms with E-state index in [0.29, 0.717) is 0 Å². The molecule has 1 N–H and O–H groups in total. The van der Waals surface area contributed by atoms with Crippen LogP contribution in [-0.2, 0) is 24.2 Å². The Morgan fingerprint density at radius 3 is 2.45 bits per heavy atom. The highest BCUT2D eigenvalue weighted by Gasteiger charge is 2.12. The Hall–Kier alpha value is -1.65. The number of methoxy groups -OCH3 is 1. The molecule has 1 heterocycles. The smallest absolute Gasteiger partial charge is 0.106 e. The number of imidazole rings is 1. The van der Waals surface area contributed by atoms with Crippen molar-refractivity contribution in [2.45, 2.75) is 40.3 Å². The number of benzene rings is 1. The van der Waals surface area contributed by atoms with Crippen LogP contribution in [0.3, 0.4) is 0 Å². The molecule has 4 heteroatoms. The number of aromatic nitrogens is 2. The summed E-state index contributed by atoms with van der Waals surface area (Å²) in [6, 6.07) is 8.73. The average Bonchev–Trinajstić information content (AvgIpc) is 2.87. The van der Waals surface area contributed by atoms with Gasteiger partial charge < -0.3 is 9.72 Å². The van der Waals surface area contributed by atoms with Gasteiger partial charge in [-0.05, 0) is 19.4 Å². The Morgan fingerprint density at radius 2 is 1.86 bits per heavy atom. The lowest BCUT2D eigenvalue weighted by Gasteiger charge is -2.21. The zero-order chi connectivity index (χ0) is 15.9. The van der Waals surface area contributed by atoms with Gasteiger partial charge in [0, 0.05) is 38.9 Å². The molecule has 1 aromatic heterocycles. The van der Waals surface area contributed by atoms with E-state index in [-0.39, 0.29) is 0 Å². The molecule has 22 heavy (non-hydrogen) atoms. The van der Waals surface area contributed by atoms with Crippen LogP contribution in [0.15, 0.2) is 24.3 Å². The van der Waals surface area contributed by atoms with E-state index >= 15 is 0 Å². The van der Waals surface area contributed by atoms with Crippen molar-refractivity contribution in [3.63, 3.8) is 0 Å². The van der Waals surface area contributed by atoms with Crippen molar-refractivity contribution in [1.82, 2.24) is 14.9 Å². The molecule has 0 aliphatic rings. The van der Waals surface area contributed by atoms with Crippen LogP contribution in [0.5, 0.6) is 0 Å². The first kappa shape index (κ1) is 16.7. The maximum Gasteiger partial charge on any atom is 0.106 e. The summed E-state index contributed by atoms with van der Waals surface area (Å²) in [6.07, 6.45) is 0.941. The third-order valence-electron chi connectivity index (χ3n) is 3.88. The van der Waals surface area contributed by atoms with Gasteiger partial charge in [0.05, 0.1) is 12.3 Å². The highest BCUT2D eigenvalue weighted by atomic mass is 16.5. The van der Waals surface area contributed by atoms with Crippen LogP contribution in [0.4, 0.5) is 0 Å². The molecule has 0 aliphatic carbocycles. The number of aromatic amines is 1. The number of ether oxygens (including phenoxy) is 1. The Morgan fingerprint density at radius 1 is 1.14 bits per heavy atom. The predicted octanol–water partition coefficient (Wildman–Crippen LogP) is 3.24. The third-order valence-corrected chi connectivity index (χ3v) is 3.88. The SMILES string of the molecule is CCc1nc(CN(CCOC)Cc2ccc(C)cc2)c(C)[nH]1. The van der Waals surface area contributed by atoms with E-state index in [2.05, 4.69) is 54.9 Å². The van der Waals surface area contributed by atoms with Gasteiger partial charge in [-0.1, -0.05) is 36.8 Å². The molecule has 0 bridgehead atoms. The standard InChI is InChI=1S/C18H27N3O/c1-5-18-19-15(3)17(20-18)13-21(10-11-22-4)12-16-8-6-14(2)7-9-16/h6-9H,5,10-13H2,1-4H3,(H,19,20). The minimum absolute atomic E-state index is 0.732. The Balaban J connectivity index is 2.07. The molecule has 4 nitrogen and oxygen atoms in total. The van der Waals surface area contributed by atoms with Crippen molar-refractivity contribution in [2.75, 3.05) is 20.3 Å². The van der Waals surface area contributed by atoms with E-state index in [4.69, 9.17) is 9.72 Å². The van der Waals surface area contributed by atoms with E-state index in [0.717, 1.165) is 44.2 Å². The molecule has 2 rings (SSSR count). The summed E-state index contributed by atoms with van der Waals surface area (Å²) in [5.74, 6) is 1.06. The van der Waals surface area contributed by atoms with Gasteiger partial charge >= 0.3 is 0 Å². The number of nitrogens with zero attached hydrogens (tertiary/aromatic N) is 2. The lowest BCUT2D eigenvalue weighted by Crippen LogP contribution is -2.27. The van der Waals surface area contributed by atoms with E-state index in [1.807, 2.05) is 0 Å². The minimum Gasteiger partial charge on any atom is -0.383 e. The third kappa shape index (κ3) is 4.68. The Bertz CT molecular complexity index is 575. The summed E-state index contributed by atoms with van der Waals surface area (Å²) in [5.41, 5.74) is 4.93. The van der Waals surface area contributed by atoms with E-state index < -0.39 is 0 Å². The van der Waals surface area contributed by atoms with Crippen molar-refractivity contribution in [1.29, 1.82) is 0 Å². The highest BCUT2D eigenvalue weighted by Crippen LogP contribution is 2.13. The molecule has 0 fully saturated rings. The first-order chi connectivity index (χ1) is 10.6. The quantitative estimate of drug-likeness (QED) is 0.814. The second-order valence-corrected chi connectivity index (χ2v) is 5.80. The minimum atomic E-state index is 0.732. The van der Waals surface area contributed by atoms with Gasteiger partial charge in [-0.2, -0.15) is 0 Å². The topological polar surface area (TPSA) is 41.2 Å². The monoisotopic (exact) mass is 301 g/mol.